The summed E-state index contributed by atoms with van der Waals surface area (Å²) in [5.74, 6) is 1.30. The largest absolute Gasteiger partial charge is 0.493 e. The summed E-state index contributed by atoms with van der Waals surface area (Å²) in [6, 6.07) is 5.57. The highest BCUT2D eigenvalue weighted by molar-refractivity contribution is 5.43. The number of aliphatic hydroxyl groups is 1. The van der Waals surface area contributed by atoms with E-state index in [9.17, 15) is 5.11 Å². The Balaban J connectivity index is 2.25. The number of aromatic nitrogens is 2. The van der Waals surface area contributed by atoms with Gasteiger partial charge in [0.1, 0.15) is 5.60 Å². The molecule has 5 heteroatoms. The second-order valence-electron chi connectivity index (χ2n) is 4.73. The van der Waals surface area contributed by atoms with Gasteiger partial charge in [-0.1, -0.05) is 6.07 Å². The Labute approximate surface area is 118 Å². The van der Waals surface area contributed by atoms with E-state index in [2.05, 4.69) is 9.97 Å². The van der Waals surface area contributed by atoms with Crippen LogP contribution in [0.5, 0.6) is 11.5 Å². The molecular formula is C15H18N2O3. The molecule has 0 saturated carbocycles. The molecule has 0 spiro atoms. The zero-order valence-corrected chi connectivity index (χ0v) is 11.8. The van der Waals surface area contributed by atoms with Crippen molar-refractivity contribution in [1.82, 2.24) is 9.97 Å². The second-order valence-corrected chi connectivity index (χ2v) is 4.73. The summed E-state index contributed by atoms with van der Waals surface area (Å²) >= 11 is 0. The summed E-state index contributed by atoms with van der Waals surface area (Å²) in [6.07, 6.45) is 5.13. The minimum Gasteiger partial charge on any atom is -0.493 e. The maximum absolute atomic E-state index is 10.6. The van der Waals surface area contributed by atoms with Crippen molar-refractivity contribution in [2.75, 3.05) is 14.2 Å². The second kappa shape index (κ2) is 5.88. The third kappa shape index (κ3) is 3.05. The highest BCUT2D eigenvalue weighted by Crippen LogP contribution is 2.30. The molecule has 0 fully saturated rings. The van der Waals surface area contributed by atoms with Crippen LogP contribution in [-0.4, -0.2) is 29.3 Å². The van der Waals surface area contributed by atoms with Gasteiger partial charge in [-0.2, -0.15) is 0 Å². The van der Waals surface area contributed by atoms with Crippen LogP contribution in [0.2, 0.25) is 0 Å². The Kier molecular flexibility index (Phi) is 4.20. The lowest BCUT2D eigenvalue weighted by Gasteiger charge is -2.22. The van der Waals surface area contributed by atoms with Crippen LogP contribution >= 0.6 is 0 Å². The molecule has 0 aliphatic rings. The van der Waals surface area contributed by atoms with Crippen LogP contribution in [0.4, 0.5) is 0 Å². The van der Waals surface area contributed by atoms with E-state index in [1.165, 1.54) is 0 Å². The maximum Gasteiger partial charge on any atom is 0.160 e. The topological polar surface area (TPSA) is 64.5 Å². The predicted octanol–water partition coefficient (Wildman–Crippen LogP) is 1.94. The first kappa shape index (κ1) is 14.3. The summed E-state index contributed by atoms with van der Waals surface area (Å²) in [4.78, 5) is 8.14. The monoisotopic (exact) mass is 274 g/mol. The molecule has 0 bridgehead atoms. The van der Waals surface area contributed by atoms with Crippen LogP contribution in [0, 0.1) is 0 Å². The van der Waals surface area contributed by atoms with Gasteiger partial charge in [0, 0.05) is 18.8 Å². The van der Waals surface area contributed by atoms with Gasteiger partial charge in [-0.05, 0) is 24.6 Å². The number of hydrogen-bond acceptors (Lipinski definition) is 5. The van der Waals surface area contributed by atoms with E-state index >= 15 is 0 Å². The van der Waals surface area contributed by atoms with Gasteiger partial charge in [0.15, 0.2) is 11.5 Å². The lowest BCUT2D eigenvalue weighted by Crippen LogP contribution is -2.25. The van der Waals surface area contributed by atoms with Crippen LogP contribution in [0.25, 0.3) is 0 Å². The summed E-state index contributed by atoms with van der Waals surface area (Å²) < 4.78 is 10.5. The third-order valence-electron chi connectivity index (χ3n) is 3.11. The van der Waals surface area contributed by atoms with E-state index in [0.717, 1.165) is 5.56 Å². The van der Waals surface area contributed by atoms with Crippen molar-refractivity contribution >= 4 is 0 Å². The van der Waals surface area contributed by atoms with Gasteiger partial charge in [0.25, 0.3) is 0 Å². The molecular weight excluding hydrogens is 256 g/mol. The fourth-order valence-corrected chi connectivity index (χ4v) is 2.06. The highest BCUT2D eigenvalue weighted by Gasteiger charge is 2.25. The van der Waals surface area contributed by atoms with Crippen molar-refractivity contribution < 1.29 is 14.6 Å². The lowest BCUT2D eigenvalue weighted by atomic mass is 9.93. The zero-order chi connectivity index (χ0) is 14.6. The van der Waals surface area contributed by atoms with E-state index in [-0.39, 0.29) is 0 Å². The Morgan fingerprint density at radius 1 is 1.15 bits per heavy atom. The van der Waals surface area contributed by atoms with Crippen LogP contribution in [0.1, 0.15) is 18.2 Å². The van der Waals surface area contributed by atoms with Gasteiger partial charge in [-0.3, -0.25) is 9.97 Å². The molecule has 106 valence electrons. The minimum absolute atomic E-state index is 0.409. The van der Waals surface area contributed by atoms with Crippen LogP contribution in [0.3, 0.4) is 0 Å². The molecule has 0 aliphatic heterocycles. The summed E-state index contributed by atoms with van der Waals surface area (Å²) in [6.45, 7) is 1.72. The minimum atomic E-state index is -1.09. The van der Waals surface area contributed by atoms with E-state index in [1.54, 1.807) is 39.7 Å². The Morgan fingerprint density at radius 2 is 1.90 bits per heavy atom. The fraction of sp³-hybridized carbons (Fsp3) is 0.333. The summed E-state index contributed by atoms with van der Waals surface area (Å²) in [7, 11) is 3.18. The lowest BCUT2D eigenvalue weighted by molar-refractivity contribution is 0.0525. The standard InChI is InChI=1S/C15H18N2O3/c1-15(18,14-10-16-6-7-17-14)9-11-4-5-12(19-2)13(8-11)20-3/h4-8,10,18H,9H2,1-3H3. The first-order valence-corrected chi connectivity index (χ1v) is 6.26. The molecule has 1 aromatic carbocycles. The van der Waals surface area contributed by atoms with Gasteiger partial charge < -0.3 is 14.6 Å². The van der Waals surface area contributed by atoms with Crippen molar-refractivity contribution in [2.24, 2.45) is 0 Å². The Bertz CT molecular complexity index is 571. The molecule has 5 nitrogen and oxygen atoms in total. The fourth-order valence-electron chi connectivity index (χ4n) is 2.06. The molecule has 1 N–H and O–H groups in total. The molecule has 0 radical (unpaired) electrons. The van der Waals surface area contributed by atoms with Gasteiger partial charge in [0.2, 0.25) is 0 Å². The first-order chi connectivity index (χ1) is 9.56. The van der Waals surface area contributed by atoms with Crippen molar-refractivity contribution in [2.45, 2.75) is 18.9 Å². The Morgan fingerprint density at radius 3 is 2.50 bits per heavy atom. The molecule has 2 rings (SSSR count). The normalized spacial score (nSPS) is 13.6. The van der Waals surface area contributed by atoms with E-state index < -0.39 is 5.60 Å². The molecule has 20 heavy (non-hydrogen) atoms. The van der Waals surface area contributed by atoms with Crippen LogP contribution < -0.4 is 9.47 Å². The van der Waals surface area contributed by atoms with Crippen LogP contribution in [-0.2, 0) is 12.0 Å². The number of ether oxygens (including phenoxy) is 2. The molecule has 0 saturated heterocycles. The van der Waals surface area contributed by atoms with Crippen molar-refractivity contribution in [1.29, 1.82) is 0 Å². The predicted molar refractivity (Wildman–Crippen MR) is 74.9 cm³/mol. The molecule has 1 unspecified atom stereocenters. The summed E-state index contributed by atoms with van der Waals surface area (Å²) in [5.41, 5.74) is 0.376. The quantitative estimate of drug-likeness (QED) is 0.902. The number of methoxy groups -OCH3 is 2. The number of rotatable bonds is 5. The smallest absolute Gasteiger partial charge is 0.160 e. The van der Waals surface area contributed by atoms with E-state index in [4.69, 9.17) is 9.47 Å². The average molecular weight is 274 g/mol. The molecule has 1 atom stereocenters. The molecule has 0 amide bonds. The zero-order valence-electron chi connectivity index (χ0n) is 11.8. The number of hydrogen-bond donors (Lipinski definition) is 1. The average Bonchev–Trinajstić information content (AvgIpc) is 2.47. The van der Waals surface area contributed by atoms with Gasteiger partial charge in [-0.15, -0.1) is 0 Å². The maximum atomic E-state index is 10.6. The van der Waals surface area contributed by atoms with E-state index in [0.29, 0.717) is 23.6 Å². The summed E-state index contributed by atoms with van der Waals surface area (Å²) in [5, 5.41) is 10.6. The molecule has 0 aliphatic carbocycles. The van der Waals surface area contributed by atoms with E-state index in [1.807, 2.05) is 18.2 Å². The molecule has 1 aromatic heterocycles. The van der Waals surface area contributed by atoms with Crippen molar-refractivity contribution in [3.8, 4) is 11.5 Å². The van der Waals surface area contributed by atoms with Crippen LogP contribution in [0.15, 0.2) is 36.8 Å². The molecule has 2 aromatic rings. The van der Waals surface area contributed by atoms with Crippen molar-refractivity contribution in [3.05, 3.63) is 48.0 Å². The van der Waals surface area contributed by atoms with Gasteiger partial charge in [0.05, 0.1) is 26.1 Å². The molecule has 1 heterocycles. The first-order valence-electron chi connectivity index (χ1n) is 6.26. The number of benzene rings is 1. The van der Waals surface area contributed by atoms with Gasteiger partial charge in [-0.25, -0.2) is 0 Å². The third-order valence-corrected chi connectivity index (χ3v) is 3.11. The number of nitrogens with zero attached hydrogens (tertiary/aromatic N) is 2. The SMILES string of the molecule is COc1ccc(CC(C)(O)c2cnccn2)cc1OC. The van der Waals surface area contributed by atoms with Crippen molar-refractivity contribution in [3.63, 3.8) is 0 Å². The highest BCUT2D eigenvalue weighted by atomic mass is 16.5. The Hall–Kier alpha value is -2.14. The van der Waals surface area contributed by atoms with Gasteiger partial charge >= 0.3 is 0 Å².